The summed E-state index contributed by atoms with van der Waals surface area (Å²) in [5.74, 6) is 0.178. The van der Waals surface area contributed by atoms with Crippen molar-refractivity contribution < 1.29 is 14.3 Å². The van der Waals surface area contributed by atoms with E-state index in [0.29, 0.717) is 18.9 Å². The molecule has 0 aromatic rings. The Morgan fingerprint density at radius 2 is 2.06 bits per heavy atom. The molecule has 2 fully saturated rings. The molecule has 1 saturated heterocycles. The standard InChI is InChI=1S/C14H23NO3/c1-3-18-13(17)12-14(2,9-11(16)15-12)10-7-5-4-6-8-10/h10,12H,3-9H2,1-2H3,(H,15,16). The Hall–Kier alpha value is -1.06. The summed E-state index contributed by atoms with van der Waals surface area (Å²) < 4.78 is 5.11. The molecule has 4 nitrogen and oxygen atoms in total. The van der Waals surface area contributed by atoms with Crippen LogP contribution in [0.3, 0.4) is 0 Å². The lowest BCUT2D eigenvalue weighted by Gasteiger charge is -2.39. The monoisotopic (exact) mass is 253 g/mol. The first-order valence-electron chi connectivity index (χ1n) is 7.04. The summed E-state index contributed by atoms with van der Waals surface area (Å²) in [7, 11) is 0. The molecule has 0 bridgehead atoms. The van der Waals surface area contributed by atoms with Crippen molar-refractivity contribution in [2.45, 2.75) is 58.4 Å². The van der Waals surface area contributed by atoms with E-state index < -0.39 is 6.04 Å². The minimum atomic E-state index is -0.451. The number of amides is 1. The molecular formula is C14H23NO3. The average Bonchev–Trinajstić information content (AvgIpc) is 2.68. The predicted molar refractivity (Wildman–Crippen MR) is 67.9 cm³/mol. The molecule has 102 valence electrons. The molecular weight excluding hydrogens is 230 g/mol. The Bertz CT molecular complexity index is 336. The van der Waals surface area contributed by atoms with Gasteiger partial charge in [-0.2, -0.15) is 0 Å². The summed E-state index contributed by atoms with van der Waals surface area (Å²) in [4.78, 5) is 23.7. The smallest absolute Gasteiger partial charge is 0.329 e. The second-order valence-corrected chi connectivity index (χ2v) is 5.77. The van der Waals surface area contributed by atoms with E-state index in [1.54, 1.807) is 6.92 Å². The van der Waals surface area contributed by atoms with E-state index in [9.17, 15) is 9.59 Å². The van der Waals surface area contributed by atoms with Gasteiger partial charge in [0.2, 0.25) is 5.91 Å². The number of carbonyl (C=O) groups excluding carboxylic acids is 2. The van der Waals surface area contributed by atoms with Crippen molar-refractivity contribution >= 4 is 11.9 Å². The maximum absolute atomic E-state index is 12.0. The predicted octanol–water partition coefficient (Wildman–Crippen LogP) is 2.02. The molecule has 1 heterocycles. The third-order valence-corrected chi connectivity index (χ3v) is 4.57. The number of nitrogens with one attached hydrogen (secondary N) is 1. The van der Waals surface area contributed by atoms with Gasteiger partial charge in [-0.15, -0.1) is 0 Å². The van der Waals surface area contributed by atoms with Gasteiger partial charge in [0.25, 0.3) is 0 Å². The minimum Gasteiger partial charge on any atom is -0.464 e. The molecule has 0 aromatic heterocycles. The second-order valence-electron chi connectivity index (χ2n) is 5.77. The highest BCUT2D eigenvalue weighted by molar-refractivity contribution is 5.90. The van der Waals surface area contributed by atoms with E-state index in [2.05, 4.69) is 12.2 Å². The van der Waals surface area contributed by atoms with Crippen molar-refractivity contribution in [3.63, 3.8) is 0 Å². The number of ether oxygens (including phenoxy) is 1. The number of carbonyl (C=O) groups is 2. The maximum Gasteiger partial charge on any atom is 0.329 e. The minimum absolute atomic E-state index is 0.0128. The summed E-state index contributed by atoms with van der Waals surface area (Å²) in [6.45, 7) is 4.24. The van der Waals surface area contributed by atoms with Crippen LogP contribution in [-0.2, 0) is 14.3 Å². The molecule has 2 atom stereocenters. The van der Waals surface area contributed by atoms with Crippen molar-refractivity contribution in [3.05, 3.63) is 0 Å². The molecule has 1 amide bonds. The van der Waals surface area contributed by atoms with E-state index in [-0.39, 0.29) is 17.3 Å². The molecule has 4 heteroatoms. The van der Waals surface area contributed by atoms with Gasteiger partial charge in [-0.05, 0) is 25.7 Å². The molecule has 0 radical (unpaired) electrons. The highest BCUT2D eigenvalue weighted by atomic mass is 16.5. The van der Waals surface area contributed by atoms with Crippen LogP contribution < -0.4 is 5.32 Å². The van der Waals surface area contributed by atoms with Crippen LogP contribution >= 0.6 is 0 Å². The van der Waals surface area contributed by atoms with Crippen molar-refractivity contribution in [1.82, 2.24) is 5.32 Å². The Morgan fingerprint density at radius 1 is 1.39 bits per heavy atom. The van der Waals surface area contributed by atoms with E-state index in [0.717, 1.165) is 12.8 Å². The third-order valence-electron chi connectivity index (χ3n) is 4.57. The molecule has 2 rings (SSSR count). The molecule has 2 unspecified atom stereocenters. The first kappa shape index (κ1) is 13.4. The quantitative estimate of drug-likeness (QED) is 0.783. The summed E-state index contributed by atoms with van der Waals surface area (Å²) in [5, 5.41) is 2.81. The van der Waals surface area contributed by atoms with Gasteiger partial charge in [0.1, 0.15) is 6.04 Å². The first-order valence-corrected chi connectivity index (χ1v) is 7.04. The molecule has 1 aliphatic heterocycles. The number of rotatable bonds is 3. The summed E-state index contributed by atoms with van der Waals surface area (Å²) >= 11 is 0. The van der Waals surface area contributed by atoms with Crippen LogP contribution in [0.25, 0.3) is 0 Å². The van der Waals surface area contributed by atoms with Crippen LogP contribution in [0.2, 0.25) is 0 Å². The molecule has 2 aliphatic rings. The summed E-state index contributed by atoms with van der Waals surface area (Å²) in [5.41, 5.74) is -0.260. The topological polar surface area (TPSA) is 55.4 Å². The van der Waals surface area contributed by atoms with E-state index in [1.807, 2.05) is 0 Å². The zero-order valence-electron chi connectivity index (χ0n) is 11.3. The number of hydrogen-bond donors (Lipinski definition) is 1. The van der Waals surface area contributed by atoms with E-state index in [4.69, 9.17) is 4.74 Å². The molecule has 1 N–H and O–H groups in total. The van der Waals surface area contributed by atoms with Gasteiger partial charge in [0.05, 0.1) is 6.61 Å². The Morgan fingerprint density at radius 3 is 2.67 bits per heavy atom. The normalized spacial score (nSPS) is 33.2. The Kier molecular flexibility index (Phi) is 3.93. The SMILES string of the molecule is CCOC(=O)C1NC(=O)CC1(C)C1CCCCC1. The fourth-order valence-electron chi connectivity index (χ4n) is 3.52. The van der Waals surface area contributed by atoms with Crippen LogP contribution in [-0.4, -0.2) is 24.5 Å². The summed E-state index contributed by atoms with van der Waals surface area (Å²) in [6.07, 6.45) is 6.41. The van der Waals surface area contributed by atoms with Gasteiger partial charge in [0.15, 0.2) is 0 Å². The van der Waals surface area contributed by atoms with Gasteiger partial charge >= 0.3 is 5.97 Å². The van der Waals surface area contributed by atoms with Crippen LogP contribution in [0.1, 0.15) is 52.4 Å². The van der Waals surface area contributed by atoms with Gasteiger partial charge in [0, 0.05) is 11.8 Å². The molecule has 1 saturated carbocycles. The molecule has 0 aromatic carbocycles. The fraction of sp³-hybridized carbons (Fsp3) is 0.857. The van der Waals surface area contributed by atoms with Crippen molar-refractivity contribution in [2.75, 3.05) is 6.61 Å². The van der Waals surface area contributed by atoms with E-state index >= 15 is 0 Å². The van der Waals surface area contributed by atoms with Crippen LogP contribution in [0.15, 0.2) is 0 Å². The fourth-order valence-corrected chi connectivity index (χ4v) is 3.52. The molecule has 18 heavy (non-hydrogen) atoms. The molecule has 0 spiro atoms. The zero-order valence-corrected chi connectivity index (χ0v) is 11.3. The van der Waals surface area contributed by atoms with Crippen LogP contribution in [0.4, 0.5) is 0 Å². The first-order chi connectivity index (χ1) is 8.58. The van der Waals surface area contributed by atoms with Crippen LogP contribution in [0, 0.1) is 11.3 Å². The lowest BCUT2D eigenvalue weighted by molar-refractivity contribution is -0.149. The van der Waals surface area contributed by atoms with Crippen LogP contribution in [0.5, 0.6) is 0 Å². The van der Waals surface area contributed by atoms with Crippen molar-refractivity contribution in [2.24, 2.45) is 11.3 Å². The lowest BCUT2D eigenvalue weighted by atomic mass is 9.66. The lowest BCUT2D eigenvalue weighted by Crippen LogP contribution is -2.47. The van der Waals surface area contributed by atoms with Gasteiger partial charge < -0.3 is 10.1 Å². The van der Waals surface area contributed by atoms with Gasteiger partial charge in [-0.3, -0.25) is 4.79 Å². The zero-order chi connectivity index (χ0) is 13.2. The number of esters is 1. The highest BCUT2D eigenvalue weighted by Gasteiger charge is 2.52. The van der Waals surface area contributed by atoms with Crippen molar-refractivity contribution in [1.29, 1.82) is 0 Å². The Balaban J connectivity index is 2.16. The maximum atomic E-state index is 12.0. The highest BCUT2D eigenvalue weighted by Crippen LogP contribution is 2.46. The van der Waals surface area contributed by atoms with E-state index in [1.165, 1.54) is 19.3 Å². The molecule has 1 aliphatic carbocycles. The number of hydrogen-bond acceptors (Lipinski definition) is 3. The second kappa shape index (κ2) is 5.29. The third kappa shape index (κ3) is 2.38. The Labute approximate surface area is 108 Å². The van der Waals surface area contributed by atoms with Gasteiger partial charge in [-0.25, -0.2) is 4.79 Å². The largest absolute Gasteiger partial charge is 0.464 e. The van der Waals surface area contributed by atoms with Crippen molar-refractivity contribution in [3.8, 4) is 0 Å². The average molecular weight is 253 g/mol. The van der Waals surface area contributed by atoms with Gasteiger partial charge in [-0.1, -0.05) is 26.2 Å². The summed E-state index contributed by atoms with van der Waals surface area (Å²) in [6, 6.07) is -0.451.